The third-order valence-electron chi connectivity index (χ3n) is 4.51. The predicted octanol–water partition coefficient (Wildman–Crippen LogP) is 4.94. The van der Waals surface area contributed by atoms with Crippen LogP contribution in [-0.2, 0) is 0 Å². The van der Waals surface area contributed by atoms with E-state index in [1.165, 1.54) is 18.2 Å². The van der Waals surface area contributed by atoms with Gasteiger partial charge in [0.1, 0.15) is 5.82 Å². The Morgan fingerprint density at radius 1 is 0.966 bits per heavy atom. The van der Waals surface area contributed by atoms with Gasteiger partial charge in [-0.05, 0) is 49.7 Å². The van der Waals surface area contributed by atoms with Crippen LogP contribution in [0.1, 0.15) is 21.7 Å². The number of anilines is 1. The molecular weight excluding hydrogens is 367 g/mol. The second kappa shape index (κ2) is 7.67. The molecule has 0 spiro atoms. The van der Waals surface area contributed by atoms with Crippen LogP contribution in [0.5, 0.6) is 0 Å². The van der Waals surface area contributed by atoms with E-state index in [9.17, 15) is 9.18 Å². The number of rotatable bonds is 4. The van der Waals surface area contributed by atoms with Crippen LogP contribution < -0.4 is 5.32 Å². The summed E-state index contributed by atoms with van der Waals surface area (Å²) in [6.07, 6.45) is 0. The predicted molar refractivity (Wildman–Crippen MR) is 111 cm³/mol. The fraction of sp³-hybridized carbons (Fsp3) is 0.0870. The number of carbonyl (C=O) groups is 1. The second-order valence-corrected chi connectivity index (χ2v) is 6.79. The Balaban J connectivity index is 1.79. The SMILES string of the molecule is Cc1cccc(-c2nc(C(=O)Nc3cccc(F)c3)nn2-c2ccccc2C)c1. The molecule has 0 radical (unpaired) electrons. The Hall–Kier alpha value is -3.80. The number of carbonyl (C=O) groups excluding carboxylic acids is 1. The smallest absolute Gasteiger partial charge is 0.295 e. The van der Waals surface area contributed by atoms with E-state index in [1.54, 1.807) is 10.7 Å². The number of hydrogen-bond donors (Lipinski definition) is 1. The van der Waals surface area contributed by atoms with Gasteiger partial charge in [-0.3, -0.25) is 4.79 Å². The fourth-order valence-electron chi connectivity index (χ4n) is 3.10. The van der Waals surface area contributed by atoms with Gasteiger partial charge in [0.2, 0.25) is 5.82 Å². The normalized spacial score (nSPS) is 10.7. The first kappa shape index (κ1) is 18.6. The summed E-state index contributed by atoms with van der Waals surface area (Å²) in [4.78, 5) is 17.2. The minimum atomic E-state index is -0.503. The van der Waals surface area contributed by atoms with Crippen LogP contribution in [-0.4, -0.2) is 20.7 Å². The highest BCUT2D eigenvalue weighted by Gasteiger charge is 2.20. The Labute approximate surface area is 167 Å². The average Bonchev–Trinajstić information content (AvgIpc) is 3.14. The Morgan fingerprint density at radius 3 is 2.52 bits per heavy atom. The van der Waals surface area contributed by atoms with Crippen LogP contribution in [0, 0.1) is 19.7 Å². The summed E-state index contributed by atoms with van der Waals surface area (Å²) >= 11 is 0. The zero-order valence-electron chi connectivity index (χ0n) is 16.1. The largest absolute Gasteiger partial charge is 0.319 e. The summed E-state index contributed by atoms with van der Waals surface area (Å²) < 4.78 is 15.1. The van der Waals surface area contributed by atoms with Gasteiger partial charge in [0.05, 0.1) is 5.69 Å². The Morgan fingerprint density at radius 2 is 1.76 bits per heavy atom. The van der Waals surface area contributed by atoms with Crippen molar-refractivity contribution < 1.29 is 9.18 Å². The maximum atomic E-state index is 13.4. The molecule has 0 atom stereocenters. The highest BCUT2D eigenvalue weighted by atomic mass is 19.1. The molecule has 4 aromatic rings. The quantitative estimate of drug-likeness (QED) is 0.540. The van der Waals surface area contributed by atoms with E-state index < -0.39 is 11.7 Å². The number of hydrogen-bond acceptors (Lipinski definition) is 3. The van der Waals surface area contributed by atoms with Gasteiger partial charge in [0.25, 0.3) is 5.91 Å². The minimum Gasteiger partial charge on any atom is -0.319 e. The molecule has 5 nitrogen and oxygen atoms in total. The minimum absolute atomic E-state index is 0.00835. The number of amides is 1. The first-order valence-electron chi connectivity index (χ1n) is 9.18. The summed E-state index contributed by atoms with van der Waals surface area (Å²) in [5.41, 5.74) is 4.11. The number of benzene rings is 3. The molecule has 1 amide bonds. The lowest BCUT2D eigenvalue weighted by molar-refractivity contribution is 0.101. The molecule has 0 aliphatic rings. The van der Waals surface area contributed by atoms with Crippen molar-refractivity contribution in [1.82, 2.24) is 14.8 Å². The number of nitrogens with zero attached hydrogens (tertiary/aromatic N) is 3. The van der Waals surface area contributed by atoms with Crippen molar-refractivity contribution in [2.75, 3.05) is 5.32 Å². The monoisotopic (exact) mass is 386 g/mol. The van der Waals surface area contributed by atoms with Crippen molar-refractivity contribution in [3.8, 4) is 17.1 Å². The molecule has 29 heavy (non-hydrogen) atoms. The van der Waals surface area contributed by atoms with Crippen molar-refractivity contribution >= 4 is 11.6 Å². The van der Waals surface area contributed by atoms with Crippen molar-refractivity contribution in [3.05, 3.63) is 95.6 Å². The summed E-state index contributed by atoms with van der Waals surface area (Å²) in [6.45, 7) is 3.97. The summed E-state index contributed by atoms with van der Waals surface area (Å²) in [5.74, 6) is -0.361. The van der Waals surface area contributed by atoms with E-state index >= 15 is 0 Å². The van der Waals surface area contributed by atoms with Gasteiger partial charge < -0.3 is 5.32 Å². The maximum absolute atomic E-state index is 13.4. The van der Waals surface area contributed by atoms with E-state index in [4.69, 9.17) is 0 Å². The van der Waals surface area contributed by atoms with Gasteiger partial charge in [-0.15, -0.1) is 5.10 Å². The third-order valence-corrected chi connectivity index (χ3v) is 4.51. The van der Waals surface area contributed by atoms with E-state index in [0.717, 1.165) is 22.4 Å². The van der Waals surface area contributed by atoms with E-state index in [-0.39, 0.29) is 5.82 Å². The summed E-state index contributed by atoms with van der Waals surface area (Å²) in [5, 5.41) is 7.12. The molecule has 144 valence electrons. The van der Waals surface area contributed by atoms with Crippen LogP contribution >= 0.6 is 0 Å². The van der Waals surface area contributed by atoms with E-state index in [1.807, 2.05) is 62.4 Å². The van der Waals surface area contributed by atoms with Gasteiger partial charge in [-0.2, -0.15) is 0 Å². The number of para-hydroxylation sites is 1. The Kier molecular flexibility index (Phi) is 4.91. The zero-order chi connectivity index (χ0) is 20.4. The lowest BCUT2D eigenvalue weighted by atomic mass is 10.1. The van der Waals surface area contributed by atoms with Crippen molar-refractivity contribution in [1.29, 1.82) is 0 Å². The topological polar surface area (TPSA) is 59.8 Å². The molecule has 0 saturated heterocycles. The molecule has 4 rings (SSSR count). The van der Waals surface area contributed by atoms with Gasteiger partial charge in [0, 0.05) is 11.3 Å². The van der Waals surface area contributed by atoms with E-state index in [0.29, 0.717) is 11.5 Å². The molecule has 3 aromatic carbocycles. The van der Waals surface area contributed by atoms with Crippen LogP contribution in [0.25, 0.3) is 17.1 Å². The Bertz CT molecular complexity index is 1200. The van der Waals surface area contributed by atoms with Crippen molar-refractivity contribution in [2.45, 2.75) is 13.8 Å². The molecule has 6 heteroatoms. The summed E-state index contributed by atoms with van der Waals surface area (Å²) in [6, 6.07) is 21.3. The molecule has 0 aliphatic heterocycles. The molecule has 0 bridgehead atoms. The first-order valence-corrected chi connectivity index (χ1v) is 9.18. The third kappa shape index (κ3) is 3.91. The molecule has 1 aromatic heterocycles. The number of halogens is 1. The standard InChI is InChI=1S/C23H19FN4O/c1-15-7-5-9-17(13-15)22-26-21(23(29)25-19-11-6-10-18(24)14-19)27-28(22)20-12-4-3-8-16(20)2/h3-14H,1-2H3,(H,25,29). The van der Waals surface area contributed by atoms with Gasteiger partial charge in [0.15, 0.2) is 5.82 Å². The lowest BCUT2D eigenvalue weighted by Crippen LogP contribution is -2.14. The van der Waals surface area contributed by atoms with Gasteiger partial charge in [-0.1, -0.05) is 48.0 Å². The van der Waals surface area contributed by atoms with Gasteiger partial charge >= 0.3 is 0 Å². The number of aryl methyl sites for hydroxylation is 2. The molecular formula is C23H19FN4O. The second-order valence-electron chi connectivity index (χ2n) is 6.79. The van der Waals surface area contributed by atoms with Crippen molar-refractivity contribution in [3.63, 3.8) is 0 Å². The summed E-state index contributed by atoms with van der Waals surface area (Å²) in [7, 11) is 0. The molecule has 0 aliphatic carbocycles. The van der Waals surface area contributed by atoms with Crippen LogP contribution in [0.2, 0.25) is 0 Å². The fourth-order valence-corrected chi connectivity index (χ4v) is 3.10. The van der Waals surface area contributed by atoms with Crippen LogP contribution in [0.3, 0.4) is 0 Å². The highest BCUT2D eigenvalue weighted by Crippen LogP contribution is 2.24. The van der Waals surface area contributed by atoms with Gasteiger partial charge in [-0.25, -0.2) is 14.1 Å². The van der Waals surface area contributed by atoms with E-state index in [2.05, 4.69) is 15.4 Å². The number of nitrogens with one attached hydrogen (secondary N) is 1. The maximum Gasteiger partial charge on any atom is 0.295 e. The lowest BCUT2D eigenvalue weighted by Gasteiger charge is -2.09. The zero-order valence-corrected chi connectivity index (χ0v) is 16.1. The number of aromatic nitrogens is 3. The molecule has 0 saturated carbocycles. The van der Waals surface area contributed by atoms with Crippen LogP contribution in [0.4, 0.5) is 10.1 Å². The molecule has 1 N–H and O–H groups in total. The average molecular weight is 386 g/mol. The molecule has 0 fully saturated rings. The molecule has 0 unspecified atom stereocenters. The highest BCUT2D eigenvalue weighted by molar-refractivity contribution is 6.01. The van der Waals surface area contributed by atoms with Crippen molar-refractivity contribution in [2.24, 2.45) is 0 Å². The first-order chi connectivity index (χ1) is 14.0. The molecule has 1 heterocycles. The van der Waals surface area contributed by atoms with Crippen LogP contribution in [0.15, 0.2) is 72.8 Å².